The van der Waals surface area contributed by atoms with Crippen LogP contribution in [0, 0.1) is 0 Å². The van der Waals surface area contributed by atoms with Crippen LogP contribution in [0.1, 0.15) is 32.0 Å². The Kier molecular flexibility index (Phi) is 4.23. The molecular weight excluding hydrogens is 194 g/mol. The third-order valence-corrected chi connectivity index (χ3v) is 2.06. The smallest absolute Gasteiger partial charge is 0.241 e. The van der Waals surface area contributed by atoms with E-state index in [1.807, 2.05) is 13.8 Å². The van der Waals surface area contributed by atoms with Crippen LogP contribution in [0.4, 0.5) is 0 Å². The molecule has 0 aliphatic rings. The van der Waals surface area contributed by atoms with Gasteiger partial charge in [-0.2, -0.15) is 0 Å². The Morgan fingerprint density at radius 1 is 1.67 bits per heavy atom. The molecule has 6 nitrogen and oxygen atoms in total. The second kappa shape index (κ2) is 5.45. The number of hydrogen-bond acceptors (Lipinski definition) is 4. The zero-order valence-electron chi connectivity index (χ0n) is 9.10. The second-order valence-corrected chi connectivity index (χ2v) is 3.31. The van der Waals surface area contributed by atoms with Crippen molar-refractivity contribution in [2.45, 2.75) is 32.9 Å². The first-order valence-electron chi connectivity index (χ1n) is 5.09. The van der Waals surface area contributed by atoms with E-state index in [-0.39, 0.29) is 18.5 Å². The molecule has 0 saturated carbocycles. The van der Waals surface area contributed by atoms with Crippen LogP contribution in [-0.2, 0) is 11.3 Å². The van der Waals surface area contributed by atoms with Gasteiger partial charge < -0.3 is 11.1 Å². The van der Waals surface area contributed by atoms with Crippen LogP contribution in [0.3, 0.4) is 0 Å². The summed E-state index contributed by atoms with van der Waals surface area (Å²) < 4.78 is 1.50. The van der Waals surface area contributed by atoms with Gasteiger partial charge in [0, 0.05) is 6.54 Å². The Bertz CT molecular complexity index is 322. The third-order valence-electron chi connectivity index (χ3n) is 2.06. The number of aromatic nitrogens is 3. The van der Waals surface area contributed by atoms with Crippen LogP contribution in [0.5, 0.6) is 0 Å². The van der Waals surface area contributed by atoms with E-state index in [2.05, 4.69) is 15.6 Å². The number of hydrogen-bond donors (Lipinski definition) is 2. The Hall–Kier alpha value is -1.43. The molecule has 1 heterocycles. The monoisotopic (exact) mass is 211 g/mol. The van der Waals surface area contributed by atoms with Crippen molar-refractivity contribution in [1.29, 1.82) is 0 Å². The number of rotatable bonds is 5. The highest BCUT2D eigenvalue weighted by molar-refractivity contribution is 5.75. The standard InChI is InChI=1S/C9H17N5O/c1-3-7(10)8-5-14(13-12-8)6-9(15)11-4-2/h5,7H,3-4,6,10H2,1-2H3,(H,11,15). The summed E-state index contributed by atoms with van der Waals surface area (Å²) >= 11 is 0. The fraction of sp³-hybridized carbons (Fsp3) is 0.667. The molecule has 15 heavy (non-hydrogen) atoms. The molecule has 0 spiro atoms. The van der Waals surface area contributed by atoms with Gasteiger partial charge >= 0.3 is 0 Å². The Morgan fingerprint density at radius 3 is 3.00 bits per heavy atom. The van der Waals surface area contributed by atoms with E-state index in [1.165, 1.54) is 4.68 Å². The molecule has 0 radical (unpaired) electrons. The summed E-state index contributed by atoms with van der Waals surface area (Å²) in [4.78, 5) is 11.2. The first-order valence-corrected chi connectivity index (χ1v) is 5.09. The Labute approximate surface area is 88.8 Å². The Morgan fingerprint density at radius 2 is 2.40 bits per heavy atom. The molecule has 0 bridgehead atoms. The van der Waals surface area contributed by atoms with Crippen LogP contribution in [0.2, 0.25) is 0 Å². The van der Waals surface area contributed by atoms with Crippen molar-refractivity contribution in [3.05, 3.63) is 11.9 Å². The van der Waals surface area contributed by atoms with Crippen molar-refractivity contribution in [3.8, 4) is 0 Å². The van der Waals surface area contributed by atoms with Gasteiger partial charge in [-0.05, 0) is 13.3 Å². The molecule has 1 aromatic heterocycles. The molecule has 84 valence electrons. The first kappa shape index (κ1) is 11.6. The van der Waals surface area contributed by atoms with Crippen molar-refractivity contribution < 1.29 is 4.79 Å². The van der Waals surface area contributed by atoms with Gasteiger partial charge in [0.25, 0.3) is 0 Å². The number of nitrogens with two attached hydrogens (primary N) is 1. The molecule has 1 unspecified atom stereocenters. The van der Waals surface area contributed by atoms with Gasteiger partial charge in [0.15, 0.2) is 0 Å². The van der Waals surface area contributed by atoms with Gasteiger partial charge in [0.1, 0.15) is 6.54 Å². The maximum absolute atomic E-state index is 11.2. The molecular formula is C9H17N5O. The minimum absolute atomic E-state index is 0.0704. The molecule has 0 aromatic carbocycles. The summed E-state index contributed by atoms with van der Waals surface area (Å²) in [5.41, 5.74) is 6.50. The summed E-state index contributed by atoms with van der Waals surface area (Å²) in [5.74, 6) is -0.0704. The molecule has 1 amide bonds. The average molecular weight is 211 g/mol. The highest BCUT2D eigenvalue weighted by Crippen LogP contribution is 2.08. The molecule has 3 N–H and O–H groups in total. The van der Waals surface area contributed by atoms with E-state index in [1.54, 1.807) is 6.20 Å². The van der Waals surface area contributed by atoms with E-state index in [4.69, 9.17) is 5.73 Å². The third kappa shape index (κ3) is 3.32. The molecule has 0 aliphatic heterocycles. The van der Waals surface area contributed by atoms with E-state index < -0.39 is 0 Å². The van der Waals surface area contributed by atoms with E-state index in [9.17, 15) is 4.79 Å². The fourth-order valence-corrected chi connectivity index (χ4v) is 1.17. The number of amides is 1. The van der Waals surface area contributed by atoms with Crippen molar-refractivity contribution in [3.63, 3.8) is 0 Å². The first-order chi connectivity index (χ1) is 7.17. The summed E-state index contributed by atoms with van der Waals surface area (Å²) in [7, 11) is 0. The van der Waals surface area contributed by atoms with E-state index in [0.29, 0.717) is 6.54 Å². The van der Waals surface area contributed by atoms with Gasteiger partial charge in [0.2, 0.25) is 5.91 Å². The maximum atomic E-state index is 11.2. The quantitative estimate of drug-likeness (QED) is 0.707. The van der Waals surface area contributed by atoms with Crippen molar-refractivity contribution in [1.82, 2.24) is 20.3 Å². The maximum Gasteiger partial charge on any atom is 0.241 e. The lowest BCUT2D eigenvalue weighted by Crippen LogP contribution is -2.27. The highest BCUT2D eigenvalue weighted by Gasteiger charge is 2.09. The van der Waals surface area contributed by atoms with Gasteiger partial charge in [-0.1, -0.05) is 12.1 Å². The molecule has 0 fully saturated rings. The van der Waals surface area contributed by atoms with Gasteiger partial charge in [0.05, 0.1) is 17.9 Å². The van der Waals surface area contributed by atoms with Gasteiger partial charge in [-0.25, -0.2) is 4.68 Å². The minimum atomic E-state index is -0.104. The van der Waals surface area contributed by atoms with Gasteiger partial charge in [-0.3, -0.25) is 4.79 Å². The number of likely N-dealkylation sites (N-methyl/N-ethyl adjacent to an activating group) is 1. The predicted molar refractivity (Wildman–Crippen MR) is 55.9 cm³/mol. The number of nitrogens with one attached hydrogen (secondary N) is 1. The molecule has 0 saturated heterocycles. The van der Waals surface area contributed by atoms with Gasteiger partial charge in [-0.15, -0.1) is 5.10 Å². The number of nitrogens with zero attached hydrogens (tertiary/aromatic N) is 3. The zero-order valence-corrected chi connectivity index (χ0v) is 9.10. The molecule has 6 heteroatoms. The molecule has 1 aromatic rings. The lowest BCUT2D eigenvalue weighted by molar-refractivity contribution is -0.121. The van der Waals surface area contributed by atoms with Crippen molar-refractivity contribution in [2.24, 2.45) is 5.73 Å². The average Bonchev–Trinajstić information content (AvgIpc) is 2.65. The normalized spacial score (nSPS) is 12.5. The summed E-state index contributed by atoms with van der Waals surface area (Å²) in [6.45, 7) is 4.66. The Balaban J connectivity index is 2.56. The second-order valence-electron chi connectivity index (χ2n) is 3.31. The van der Waals surface area contributed by atoms with Crippen LogP contribution in [0.15, 0.2) is 6.20 Å². The largest absolute Gasteiger partial charge is 0.355 e. The predicted octanol–water partition coefficient (Wildman–Crippen LogP) is -0.176. The number of carbonyl (C=O) groups excluding carboxylic acids is 1. The van der Waals surface area contributed by atoms with Crippen LogP contribution in [0.25, 0.3) is 0 Å². The SMILES string of the molecule is CCNC(=O)Cn1cc(C(N)CC)nn1. The molecule has 0 aliphatic carbocycles. The van der Waals surface area contributed by atoms with Crippen LogP contribution in [-0.4, -0.2) is 27.4 Å². The fourth-order valence-electron chi connectivity index (χ4n) is 1.17. The summed E-state index contributed by atoms with van der Waals surface area (Å²) in [6, 6.07) is -0.104. The minimum Gasteiger partial charge on any atom is -0.355 e. The molecule has 1 atom stereocenters. The summed E-state index contributed by atoms with van der Waals surface area (Å²) in [5, 5.41) is 10.4. The van der Waals surface area contributed by atoms with Crippen LogP contribution >= 0.6 is 0 Å². The lowest BCUT2D eigenvalue weighted by atomic mass is 10.2. The van der Waals surface area contributed by atoms with Crippen LogP contribution < -0.4 is 11.1 Å². The highest BCUT2D eigenvalue weighted by atomic mass is 16.2. The van der Waals surface area contributed by atoms with Crippen molar-refractivity contribution >= 4 is 5.91 Å². The lowest BCUT2D eigenvalue weighted by Gasteiger charge is -2.02. The van der Waals surface area contributed by atoms with E-state index >= 15 is 0 Å². The topological polar surface area (TPSA) is 85.8 Å². The van der Waals surface area contributed by atoms with Crippen molar-refractivity contribution in [2.75, 3.05) is 6.54 Å². The summed E-state index contributed by atoms with van der Waals surface area (Å²) in [6.07, 6.45) is 2.52. The number of carbonyl (C=O) groups is 1. The van der Waals surface area contributed by atoms with E-state index in [0.717, 1.165) is 12.1 Å². The zero-order chi connectivity index (χ0) is 11.3. The molecule has 1 rings (SSSR count).